The molecule has 0 amide bonds. The zero-order valence-electron chi connectivity index (χ0n) is 6.76. The van der Waals surface area contributed by atoms with Gasteiger partial charge in [-0.25, -0.2) is 0 Å². The maximum atomic E-state index is 10.7. The first-order valence-corrected chi connectivity index (χ1v) is 3.90. The second-order valence-corrected chi connectivity index (χ2v) is 2.49. The average molecular weight is 144 g/mol. The molecule has 0 fully saturated rings. The summed E-state index contributed by atoms with van der Waals surface area (Å²) >= 11 is 0. The van der Waals surface area contributed by atoms with Crippen LogP contribution in [-0.4, -0.2) is 17.0 Å². The highest BCUT2D eigenvalue weighted by Gasteiger charge is 2.03. The molecule has 2 heteroatoms. The highest BCUT2D eigenvalue weighted by atomic mass is 16.3. The maximum Gasteiger partial charge on any atom is 0.132 e. The molecule has 0 aromatic rings. The van der Waals surface area contributed by atoms with Crippen molar-refractivity contribution in [1.29, 1.82) is 0 Å². The number of hydrogen-bond donors (Lipinski definition) is 1. The smallest absolute Gasteiger partial charge is 0.132 e. The Kier molecular flexibility index (Phi) is 5.22. The van der Waals surface area contributed by atoms with Crippen LogP contribution in [0.5, 0.6) is 0 Å². The molecule has 0 radical (unpaired) electrons. The van der Waals surface area contributed by atoms with Crippen molar-refractivity contribution in [2.45, 2.75) is 45.6 Å². The molecule has 0 rings (SSSR count). The summed E-state index contributed by atoms with van der Waals surface area (Å²) in [7, 11) is 0. The van der Waals surface area contributed by atoms with E-state index in [-0.39, 0.29) is 11.9 Å². The second kappa shape index (κ2) is 5.42. The van der Waals surface area contributed by atoms with E-state index in [1.165, 1.54) is 0 Å². The van der Waals surface area contributed by atoms with Gasteiger partial charge in [-0.1, -0.05) is 13.8 Å². The van der Waals surface area contributed by atoms with Crippen LogP contribution < -0.4 is 0 Å². The molecule has 2 nitrogen and oxygen atoms in total. The molecule has 0 spiro atoms. The van der Waals surface area contributed by atoms with Gasteiger partial charge in [0.2, 0.25) is 0 Å². The third-order valence-corrected chi connectivity index (χ3v) is 1.62. The van der Waals surface area contributed by atoms with Crippen molar-refractivity contribution in [3.8, 4) is 0 Å². The van der Waals surface area contributed by atoms with Gasteiger partial charge in [0.1, 0.15) is 5.78 Å². The van der Waals surface area contributed by atoms with Gasteiger partial charge in [0.05, 0.1) is 6.10 Å². The van der Waals surface area contributed by atoms with E-state index in [1.54, 1.807) is 0 Å². The van der Waals surface area contributed by atoms with E-state index in [1.807, 2.05) is 13.8 Å². The van der Waals surface area contributed by atoms with Gasteiger partial charge in [-0.3, -0.25) is 4.79 Å². The Balaban J connectivity index is 3.26. The third kappa shape index (κ3) is 4.50. The first-order valence-electron chi connectivity index (χ1n) is 3.90. The van der Waals surface area contributed by atoms with Crippen LogP contribution in [0.15, 0.2) is 0 Å². The highest BCUT2D eigenvalue weighted by molar-refractivity contribution is 5.77. The third-order valence-electron chi connectivity index (χ3n) is 1.62. The molecule has 1 N–H and O–H groups in total. The number of ketones is 1. The Hall–Kier alpha value is -0.370. The second-order valence-electron chi connectivity index (χ2n) is 2.49. The van der Waals surface area contributed by atoms with Crippen LogP contribution in [-0.2, 0) is 4.79 Å². The first-order chi connectivity index (χ1) is 4.70. The monoisotopic (exact) mass is 144 g/mol. The fourth-order valence-corrected chi connectivity index (χ4v) is 0.709. The lowest BCUT2D eigenvalue weighted by Crippen LogP contribution is -2.07. The molecular weight excluding hydrogens is 128 g/mol. The Labute approximate surface area is 62.2 Å². The summed E-state index contributed by atoms with van der Waals surface area (Å²) in [5.74, 6) is 0.243. The molecule has 0 heterocycles. The number of rotatable bonds is 5. The van der Waals surface area contributed by atoms with Crippen LogP contribution in [0.1, 0.15) is 39.5 Å². The summed E-state index contributed by atoms with van der Waals surface area (Å²) in [4.78, 5) is 10.7. The van der Waals surface area contributed by atoms with Gasteiger partial charge < -0.3 is 5.11 Å². The van der Waals surface area contributed by atoms with Gasteiger partial charge in [-0.15, -0.1) is 0 Å². The van der Waals surface area contributed by atoms with Gasteiger partial charge in [0.15, 0.2) is 0 Å². The highest BCUT2D eigenvalue weighted by Crippen LogP contribution is 2.02. The molecule has 0 aliphatic carbocycles. The van der Waals surface area contributed by atoms with Crippen LogP contribution in [0.4, 0.5) is 0 Å². The summed E-state index contributed by atoms with van der Waals surface area (Å²) in [5, 5.41) is 9.05. The zero-order chi connectivity index (χ0) is 7.98. The van der Waals surface area contributed by atoms with Crippen molar-refractivity contribution in [3.63, 3.8) is 0 Å². The van der Waals surface area contributed by atoms with Crippen LogP contribution in [0, 0.1) is 0 Å². The molecule has 10 heavy (non-hydrogen) atoms. The topological polar surface area (TPSA) is 37.3 Å². The quantitative estimate of drug-likeness (QED) is 0.635. The minimum Gasteiger partial charge on any atom is -0.393 e. The Morgan fingerprint density at radius 3 is 2.50 bits per heavy atom. The summed E-state index contributed by atoms with van der Waals surface area (Å²) in [6.07, 6.45) is 2.22. The largest absolute Gasteiger partial charge is 0.393 e. The molecule has 0 aromatic carbocycles. The Morgan fingerprint density at radius 2 is 2.10 bits per heavy atom. The average Bonchev–Trinajstić information content (AvgIpc) is 1.99. The number of carbonyl (C=O) groups excluding carboxylic acids is 1. The Morgan fingerprint density at radius 1 is 1.50 bits per heavy atom. The van der Waals surface area contributed by atoms with E-state index in [4.69, 9.17) is 5.11 Å². The van der Waals surface area contributed by atoms with Crippen molar-refractivity contribution in [3.05, 3.63) is 0 Å². The normalized spacial score (nSPS) is 13.1. The SMILES string of the molecule is CCC(=O)CC[C@H](O)CC. The zero-order valence-corrected chi connectivity index (χ0v) is 6.76. The van der Waals surface area contributed by atoms with E-state index >= 15 is 0 Å². The van der Waals surface area contributed by atoms with Crippen molar-refractivity contribution < 1.29 is 9.90 Å². The number of hydrogen-bond acceptors (Lipinski definition) is 2. The van der Waals surface area contributed by atoms with Gasteiger partial charge >= 0.3 is 0 Å². The van der Waals surface area contributed by atoms with E-state index in [2.05, 4.69) is 0 Å². The van der Waals surface area contributed by atoms with Crippen molar-refractivity contribution in [2.24, 2.45) is 0 Å². The molecule has 0 aliphatic heterocycles. The minimum absolute atomic E-state index is 0.243. The lowest BCUT2D eigenvalue weighted by Gasteiger charge is -2.04. The summed E-state index contributed by atoms with van der Waals surface area (Å²) < 4.78 is 0. The lowest BCUT2D eigenvalue weighted by molar-refractivity contribution is -0.119. The van der Waals surface area contributed by atoms with Crippen LogP contribution >= 0.6 is 0 Å². The maximum absolute atomic E-state index is 10.7. The fraction of sp³-hybridized carbons (Fsp3) is 0.875. The number of aliphatic hydroxyl groups excluding tert-OH is 1. The predicted molar refractivity (Wildman–Crippen MR) is 40.8 cm³/mol. The molecule has 0 saturated heterocycles. The van der Waals surface area contributed by atoms with E-state index < -0.39 is 0 Å². The minimum atomic E-state index is -0.282. The molecule has 60 valence electrons. The molecule has 0 aliphatic rings. The van der Waals surface area contributed by atoms with Crippen LogP contribution in [0.3, 0.4) is 0 Å². The molecule has 0 saturated carbocycles. The summed E-state index contributed by atoms with van der Waals surface area (Å²) in [5.41, 5.74) is 0. The van der Waals surface area contributed by atoms with Gasteiger partial charge in [-0.2, -0.15) is 0 Å². The standard InChI is InChI=1S/C8H16O2/c1-3-7(9)5-6-8(10)4-2/h7,9H,3-6H2,1-2H3/t7-/m1/s1. The Bertz CT molecular complexity index is 99.4. The summed E-state index contributed by atoms with van der Waals surface area (Å²) in [6.45, 7) is 3.77. The van der Waals surface area contributed by atoms with Gasteiger partial charge in [0.25, 0.3) is 0 Å². The van der Waals surface area contributed by atoms with E-state index in [0.29, 0.717) is 19.3 Å². The van der Waals surface area contributed by atoms with Crippen LogP contribution in [0.2, 0.25) is 0 Å². The van der Waals surface area contributed by atoms with Gasteiger partial charge in [-0.05, 0) is 12.8 Å². The first kappa shape index (κ1) is 9.63. The van der Waals surface area contributed by atoms with Gasteiger partial charge in [0, 0.05) is 12.8 Å². The van der Waals surface area contributed by atoms with Crippen molar-refractivity contribution in [2.75, 3.05) is 0 Å². The molecule has 0 bridgehead atoms. The number of aliphatic hydroxyl groups is 1. The molecule has 0 aromatic heterocycles. The number of Topliss-reactive ketones (excluding diaryl/α,β-unsaturated/α-hetero) is 1. The van der Waals surface area contributed by atoms with Crippen LogP contribution in [0.25, 0.3) is 0 Å². The van der Waals surface area contributed by atoms with E-state index in [0.717, 1.165) is 6.42 Å². The molecular formula is C8H16O2. The molecule has 1 atom stereocenters. The van der Waals surface area contributed by atoms with Crippen molar-refractivity contribution in [1.82, 2.24) is 0 Å². The summed E-state index contributed by atoms with van der Waals surface area (Å²) in [6, 6.07) is 0. The predicted octanol–water partition coefficient (Wildman–Crippen LogP) is 1.52. The van der Waals surface area contributed by atoms with Crippen molar-refractivity contribution >= 4 is 5.78 Å². The lowest BCUT2D eigenvalue weighted by atomic mass is 10.1. The number of carbonyl (C=O) groups is 1. The van der Waals surface area contributed by atoms with E-state index in [9.17, 15) is 4.79 Å². The fourth-order valence-electron chi connectivity index (χ4n) is 0.709. The molecule has 0 unspecified atom stereocenters.